The third-order valence-corrected chi connectivity index (χ3v) is 0.750. The molecule has 0 aliphatic rings. The molecule has 0 aliphatic carbocycles. The molecule has 105 valence electrons. The molecule has 0 spiro atoms. The number of quaternary nitrogens is 2. The monoisotopic (exact) mass is 430 g/mol. The summed E-state index contributed by atoms with van der Waals surface area (Å²) in [6, 6.07) is 0. The van der Waals surface area contributed by atoms with Crippen LogP contribution in [0.1, 0.15) is 0 Å². The van der Waals surface area contributed by atoms with Crippen LogP contribution >= 0.6 is 0 Å². The van der Waals surface area contributed by atoms with Crippen LogP contribution in [0.2, 0.25) is 0 Å². The first-order chi connectivity index (χ1) is 5.94. The Morgan fingerprint density at radius 2 is 0.941 bits per heavy atom. The van der Waals surface area contributed by atoms with Gasteiger partial charge in [-0.25, -0.2) is 16.8 Å². The summed E-state index contributed by atoms with van der Waals surface area (Å²) in [4.78, 5) is 8.25. The average molecular weight is 430 g/mol. The Labute approximate surface area is 129 Å². The summed E-state index contributed by atoms with van der Waals surface area (Å²) in [5.41, 5.74) is 0. The van der Waals surface area contributed by atoms with Crippen LogP contribution < -0.4 is 12.3 Å². The Morgan fingerprint density at radius 3 is 1.00 bits per heavy atom. The molecule has 0 rings (SSSR count). The molecule has 0 aromatic rings. The molecule has 0 bridgehead atoms. The van der Waals surface area contributed by atoms with Gasteiger partial charge in [0.1, 0.15) is 0 Å². The quantitative estimate of drug-likeness (QED) is 0.168. The molecule has 17 heavy (non-hydrogen) atoms. The van der Waals surface area contributed by atoms with E-state index in [-0.39, 0.29) is 54.0 Å². The summed E-state index contributed by atoms with van der Waals surface area (Å²) in [6.45, 7) is 0. The Kier molecular flexibility index (Phi) is 22.6. The average Bonchev–Trinajstić information content (AvgIpc) is 1.79. The minimum Gasteiger partial charge on any atom is -0.724 e. The van der Waals surface area contributed by atoms with Crippen molar-refractivity contribution in [3.8, 4) is 0 Å². The summed E-state index contributed by atoms with van der Waals surface area (Å²) in [7, 11) is -10.6. The number of nitrogens with zero attached hydrogens (tertiary/aromatic N) is 1. The molecule has 0 aromatic carbocycles. The molecule has 0 heterocycles. The molecule has 14 nitrogen and oxygen atoms in total. The second kappa shape index (κ2) is 12.7. The topological polar surface area (TPSA) is 272 Å². The molecule has 1 radical (unpaired) electrons. The first-order valence-corrected chi connectivity index (χ1v) is 4.71. The van der Waals surface area contributed by atoms with Gasteiger partial charge >= 0.3 is 41.7 Å². The Bertz CT molecular complexity index is 332. The molecule has 8 N–H and O–H groups in total. The summed E-state index contributed by atoms with van der Waals surface area (Å²) in [6.07, 6.45) is 0. The van der Waals surface area contributed by atoms with Crippen molar-refractivity contribution in [3.05, 3.63) is 15.3 Å². The van der Waals surface area contributed by atoms with Gasteiger partial charge in [0.15, 0.2) is 0 Å². The van der Waals surface area contributed by atoms with Gasteiger partial charge in [-0.2, -0.15) is 0 Å². The zero-order valence-electron chi connectivity index (χ0n) is 8.25. The maximum Gasteiger partial charge on any atom is 1.00 e. The van der Waals surface area contributed by atoms with Crippen LogP contribution in [0.15, 0.2) is 0 Å². The Morgan fingerprint density at radius 1 is 0.824 bits per heavy atom. The molecule has 0 amide bonds. The van der Waals surface area contributed by atoms with Crippen molar-refractivity contribution in [2.45, 2.75) is 0 Å². The first kappa shape index (κ1) is 30.3. The normalized spacial score (nSPS) is 9.29. The largest absolute Gasteiger partial charge is 1.00 e. The molecular formula is H8CeN3O11S2. The smallest absolute Gasteiger partial charge is 0.724 e. The van der Waals surface area contributed by atoms with E-state index in [0.29, 0.717) is 0 Å². The maximum atomic E-state index is 9.37. The minimum atomic E-state index is -5.31. The standard InChI is InChI=1S/Ce.NO3.2H3N.H2O8S2/c;2-1(3)4;;;1-9(2,3)7-8-10(4,5)6/h;;2*1H3;(H,1,2,3)(H,4,5,6)/q+1;-1;;;. The van der Waals surface area contributed by atoms with E-state index >= 15 is 0 Å². The van der Waals surface area contributed by atoms with E-state index in [1.807, 2.05) is 0 Å². The van der Waals surface area contributed by atoms with Crippen LogP contribution in [0.3, 0.4) is 0 Å². The zero-order valence-corrected chi connectivity index (χ0v) is 13.0. The fourth-order valence-corrected chi connectivity index (χ4v) is 0.612. The predicted molar refractivity (Wildman–Crippen MR) is 43.9 cm³/mol. The van der Waals surface area contributed by atoms with Crippen molar-refractivity contribution in [1.82, 2.24) is 12.3 Å². The molecule has 17 heteroatoms. The fourth-order valence-electron chi connectivity index (χ4n) is 0.0680. The van der Waals surface area contributed by atoms with Gasteiger partial charge in [-0.3, -0.25) is 0 Å². The summed E-state index contributed by atoms with van der Waals surface area (Å²) in [5.74, 6) is 0. The second-order valence-corrected chi connectivity index (χ2v) is 3.08. The van der Waals surface area contributed by atoms with Gasteiger partial charge in [0.05, 0.1) is 5.09 Å². The van der Waals surface area contributed by atoms with Crippen molar-refractivity contribution in [2.75, 3.05) is 0 Å². The molecule has 0 fully saturated rings. The Balaban J connectivity index is -0.0000000607. The van der Waals surface area contributed by atoms with Crippen LogP contribution in [-0.4, -0.2) is 31.0 Å². The summed E-state index contributed by atoms with van der Waals surface area (Å²) >= 11 is 0. The van der Waals surface area contributed by atoms with Crippen LogP contribution in [0.5, 0.6) is 0 Å². The SMILES string of the molecule is O=S(=O)([O-])OOS(=O)(=O)[O-].O=[N+]([O-])[O-].[Ce+].[NH4+].[NH4+]. The molecule has 0 aromatic heterocycles. The summed E-state index contributed by atoms with van der Waals surface area (Å²) < 4.78 is 61.5. The fraction of sp³-hybridized carbons (Fsp3) is 0. The number of hydrogen-bond donors (Lipinski definition) is 2. The molecule has 0 unspecified atom stereocenters. The molecule has 0 aliphatic heterocycles. The van der Waals surface area contributed by atoms with Gasteiger partial charge < -0.3 is 36.7 Å². The van der Waals surface area contributed by atoms with E-state index in [1.165, 1.54) is 0 Å². The first-order valence-electron chi connectivity index (χ1n) is 2.05. The van der Waals surface area contributed by atoms with Gasteiger partial charge in [-0.05, 0) is 0 Å². The van der Waals surface area contributed by atoms with Gasteiger partial charge in [-0.15, -0.1) is 8.67 Å². The van der Waals surface area contributed by atoms with Crippen molar-refractivity contribution >= 4 is 20.8 Å². The van der Waals surface area contributed by atoms with Gasteiger partial charge in [0.2, 0.25) is 20.8 Å². The van der Waals surface area contributed by atoms with Gasteiger partial charge in [0, 0.05) is 0 Å². The third kappa shape index (κ3) is 62.8. The minimum absolute atomic E-state index is 0. The van der Waals surface area contributed by atoms with Gasteiger partial charge in [0.25, 0.3) is 0 Å². The maximum absolute atomic E-state index is 9.37. The van der Waals surface area contributed by atoms with E-state index in [4.69, 9.17) is 15.3 Å². The van der Waals surface area contributed by atoms with Crippen molar-refractivity contribution in [1.29, 1.82) is 0 Å². The third-order valence-electron chi connectivity index (χ3n) is 0.194. The molecule has 0 saturated heterocycles. The van der Waals surface area contributed by atoms with Crippen LogP contribution in [-0.2, 0) is 29.5 Å². The predicted octanol–water partition coefficient (Wildman–Crippen LogP) is -1.63. The molecule has 0 atom stereocenters. The number of rotatable bonds is 3. The van der Waals surface area contributed by atoms with E-state index in [2.05, 4.69) is 8.67 Å². The zero-order chi connectivity index (χ0) is 12.0. The van der Waals surface area contributed by atoms with Crippen molar-refractivity contribution in [2.24, 2.45) is 0 Å². The summed E-state index contributed by atoms with van der Waals surface area (Å²) in [5, 5.41) is 14.8. The van der Waals surface area contributed by atoms with Crippen molar-refractivity contribution < 1.29 is 81.4 Å². The van der Waals surface area contributed by atoms with E-state index in [1.54, 1.807) is 0 Å². The second-order valence-electron chi connectivity index (χ2n) is 1.18. The molecule has 0 saturated carbocycles. The van der Waals surface area contributed by atoms with E-state index < -0.39 is 25.9 Å². The molecular weight excluding hydrogens is 422 g/mol. The number of hydrogen-bond acceptors (Lipinski definition) is 11. The van der Waals surface area contributed by atoms with Gasteiger partial charge in [-0.1, -0.05) is 0 Å². The van der Waals surface area contributed by atoms with E-state index in [0.717, 1.165) is 0 Å². The van der Waals surface area contributed by atoms with Crippen molar-refractivity contribution in [3.63, 3.8) is 0 Å². The Hall–Kier alpha value is 0.237. The van der Waals surface area contributed by atoms with Crippen LogP contribution in [0, 0.1) is 57.1 Å². The van der Waals surface area contributed by atoms with Crippen LogP contribution in [0.4, 0.5) is 0 Å². The van der Waals surface area contributed by atoms with Crippen LogP contribution in [0.25, 0.3) is 0 Å². The van der Waals surface area contributed by atoms with E-state index in [9.17, 15) is 25.9 Å².